The molecule has 38 heavy (non-hydrogen) atoms. The molecule has 5 rings (SSSR count). The van der Waals surface area contributed by atoms with Gasteiger partial charge in [-0.2, -0.15) is 0 Å². The van der Waals surface area contributed by atoms with Crippen molar-refractivity contribution in [2.24, 2.45) is 0 Å². The standard InChI is InChI=1S/C31H43N5O2/c1-38-30-12-6-3-9-24(30)20-32-22-26(19-25-21-33-29-11-5-4-10-28(25)29)34-31(37)23-35-17-13-27(14-18-35)36-15-7-2-8-16-36/h3-6,9-12,21,26-27,32-33H,2,7-8,13-20,22-23H2,1H3,(H,34,37). The summed E-state index contributed by atoms with van der Waals surface area (Å²) in [6.07, 6.45) is 9.25. The van der Waals surface area contributed by atoms with Crippen LogP contribution in [0.1, 0.15) is 43.2 Å². The second kappa shape index (κ2) is 13.3. The zero-order valence-corrected chi connectivity index (χ0v) is 22.8. The Kier molecular flexibility index (Phi) is 9.33. The molecule has 0 aliphatic carbocycles. The third-order valence-electron chi connectivity index (χ3n) is 8.24. The van der Waals surface area contributed by atoms with Gasteiger partial charge in [-0.1, -0.05) is 42.8 Å². The van der Waals surface area contributed by atoms with Gasteiger partial charge in [0.05, 0.1) is 13.7 Å². The van der Waals surface area contributed by atoms with Gasteiger partial charge < -0.3 is 25.3 Å². The third-order valence-corrected chi connectivity index (χ3v) is 8.24. The number of rotatable bonds is 11. The number of H-pyrrole nitrogens is 1. The number of fused-ring (bicyclic) bond motifs is 1. The van der Waals surface area contributed by atoms with E-state index in [0.29, 0.717) is 25.7 Å². The van der Waals surface area contributed by atoms with Crippen molar-refractivity contribution in [1.29, 1.82) is 0 Å². The van der Waals surface area contributed by atoms with E-state index in [9.17, 15) is 4.79 Å². The van der Waals surface area contributed by atoms with Gasteiger partial charge in [0, 0.05) is 60.9 Å². The van der Waals surface area contributed by atoms with Crippen LogP contribution in [0.15, 0.2) is 54.7 Å². The molecule has 1 amide bonds. The molecular weight excluding hydrogens is 474 g/mol. The average molecular weight is 518 g/mol. The molecule has 3 N–H and O–H groups in total. The van der Waals surface area contributed by atoms with E-state index in [1.54, 1.807) is 7.11 Å². The molecule has 1 atom stereocenters. The zero-order valence-electron chi connectivity index (χ0n) is 22.8. The Morgan fingerprint density at radius 2 is 1.76 bits per heavy atom. The second-order valence-electron chi connectivity index (χ2n) is 10.9. The van der Waals surface area contributed by atoms with Crippen LogP contribution in [-0.2, 0) is 17.8 Å². The smallest absolute Gasteiger partial charge is 0.234 e. The van der Waals surface area contributed by atoms with Crippen LogP contribution >= 0.6 is 0 Å². The number of carbonyl (C=O) groups is 1. The number of methoxy groups -OCH3 is 1. The number of hydrogen-bond acceptors (Lipinski definition) is 5. The van der Waals surface area contributed by atoms with Crippen LogP contribution in [0.2, 0.25) is 0 Å². The Hall–Kier alpha value is -2.87. The number of hydrogen-bond donors (Lipinski definition) is 3. The number of carbonyl (C=O) groups excluding carboxylic acids is 1. The summed E-state index contributed by atoms with van der Waals surface area (Å²) >= 11 is 0. The number of piperidine rings is 2. The third kappa shape index (κ3) is 6.95. The molecular formula is C31H43N5O2. The van der Waals surface area contributed by atoms with Gasteiger partial charge in [-0.25, -0.2) is 0 Å². The van der Waals surface area contributed by atoms with E-state index in [2.05, 4.69) is 55.9 Å². The summed E-state index contributed by atoms with van der Waals surface area (Å²) < 4.78 is 5.51. The Morgan fingerprint density at radius 1 is 1.00 bits per heavy atom. The zero-order chi connectivity index (χ0) is 26.2. The van der Waals surface area contributed by atoms with Crippen LogP contribution in [0.5, 0.6) is 5.75 Å². The highest BCUT2D eigenvalue weighted by Gasteiger charge is 2.27. The minimum Gasteiger partial charge on any atom is -0.496 e. The lowest BCUT2D eigenvalue weighted by atomic mass is 10.00. The van der Waals surface area contributed by atoms with Crippen LogP contribution in [0, 0.1) is 0 Å². The largest absolute Gasteiger partial charge is 0.496 e. The minimum absolute atomic E-state index is 0.0118. The van der Waals surface area contributed by atoms with Gasteiger partial charge in [0.25, 0.3) is 0 Å². The minimum atomic E-state index is -0.0118. The number of aromatic amines is 1. The van der Waals surface area contributed by atoms with Crippen LogP contribution < -0.4 is 15.4 Å². The van der Waals surface area contributed by atoms with Gasteiger partial charge in [0.15, 0.2) is 0 Å². The van der Waals surface area contributed by atoms with E-state index < -0.39 is 0 Å². The second-order valence-corrected chi connectivity index (χ2v) is 10.9. The van der Waals surface area contributed by atoms with Gasteiger partial charge >= 0.3 is 0 Å². The van der Waals surface area contributed by atoms with Crippen molar-refractivity contribution in [1.82, 2.24) is 25.4 Å². The first-order chi connectivity index (χ1) is 18.7. The number of likely N-dealkylation sites (tertiary alicyclic amines) is 2. The van der Waals surface area contributed by atoms with Crippen LogP contribution in [-0.4, -0.2) is 79.2 Å². The molecule has 2 aliphatic rings. The summed E-state index contributed by atoms with van der Waals surface area (Å²) in [7, 11) is 1.70. The fourth-order valence-electron chi connectivity index (χ4n) is 6.17. The van der Waals surface area contributed by atoms with Gasteiger partial charge in [0.1, 0.15) is 5.75 Å². The predicted octanol–water partition coefficient (Wildman–Crippen LogP) is 3.94. The highest BCUT2D eigenvalue weighted by molar-refractivity contribution is 5.83. The Morgan fingerprint density at radius 3 is 2.58 bits per heavy atom. The fraction of sp³-hybridized carbons (Fsp3) is 0.516. The first kappa shape index (κ1) is 26.7. The maximum atomic E-state index is 13.2. The van der Waals surface area contributed by atoms with Crippen molar-refractivity contribution in [2.45, 2.75) is 57.2 Å². The molecule has 0 radical (unpaired) electrons. The van der Waals surface area contributed by atoms with Crippen molar-refractivity contribution < 1.29 is 9.53 Å². The number of nitrogens with one attached hydrogen (secondary N) is 3. The first-order valence-electron chi connectivity index (χ1n) is 14.3. The molecule has 3 heterocycles. The number of amides is 1. The van der Waals surface area contributed by atoms with Gasteiger partial charge in [-0.15, -0.1) is 0 Å². The van der Waals surface area contributed by atoms with Crippen molar-refractivity contribution in [3.05, 3.63) is 65.9 Å². The lowest BCUT2D eigenvalue weighted by Crippen LogP contribution is -2.51. The van der Waals surface area contributed by atoms with Crippen molar-refractivity contribution in [3.63, 3.8) is 0 Å². The summed E-state index contributed by atoms with van der Waals surface area (Å²) in [5.74, 6) is 0.996. The number of para-hydroxylation sites is 2. The monoisotopic (exact) mass is 517 g/mol. The van der Waals surface area contributed by atoms with Gasteiger partial charge in [0.2, 0.25) is 5.91 Å². The number of aromatic nitrogens is 1. The number of benzene rings is 2. The normalized spacial score (nSPS) is 18.4. The predicted molar refractivity (Wildman–Crippen MR) is 154 cm³/mol. The van der Waals surface area contributed by atoms with Crippen LogP contribution in [0.25, 0.3) is 10.9 Å². The van der Waals surface area contributed by atoms with E-state index in [4.69, 9.17) is 4.74 Å². The summed E-state index contributed by atoms with van der Waals surface area (Å²) in [5.41, 5.74) is 3.47. The fourth-order valence-corrected chi connectivity index (χ4v) is 6.17. The van der Waals surface area contributed by atoms with Crippen molar-refractivity contribution >= 4 is 16.8 Å². The number of ether oxygens (including phenoxy) is 1. The molecule has 0 bridgehead atoms. The molecule has 7 nitrogen and oxygen atoms in total. The summed E-state index contributed by atoms with van der Waals surface area (Å²) in [6.45, 7) is 6.37. The molecule has 2 fully saturated rings. The lowest BCUT2D eigenvalue weighted by Gasteiger charge is -2.40. The molecule has 1 unspecified atom stereocenters. The van der Waals surface area contributed by atoms with E-state index >= 15 is 0 Å². The molecule has 1 aromatic heterocycles. The summed E-state index contributed by atoms with van der Waals surface area (Å²) in [5, 5.41) is 8.14. The molecule has 2 aliphatic heterocycles. The molecule has 2 aromatic carbocycles. The van der Waals surface area contributed by atoms with Crippen LogP contribution in [0.3, 0.4) is 0 Å². The molecule has 204 valence electrons. The van der Waals surface area contributed by atoms with E-state index in [1.807, 2.05) is 24.3 Å². The maximum Gasteiger partial charge on any atom is 0.234 e. The molecule has 0 saturated carbocycles. The lowest BCUT2D eigenvalue weighted by molar-refractivity contribution is -0.123. The highest BCUT2D eigenvalue weighted by atomic mass is 16.5. The SMILES string of the molecule is COc1ccccc1CNCC(Cc1c[nH]c2ccccc12)NC(=O)CN1CCC(N2CCCCC2)CC1. The number of nitrogens with zero attached hydrogens (tertiary/aromatic N) is 2. The van der Waals surface area contributed by atoms with E-state index in [0.717, 1.165) is 36.3 Å². The quantitative estimate of drug-likeness (QED) is 0.359. The molecule has 7 heteroatoms. The van der Waals surface area contributed by atoms with E-state index in [1.165, 1.54) is 56.1 Å². The summed E-state index contributed by atoms with van der Waals surface area (Å²) in [6, 6.07) is 17.1. The highest BCUT2D eigenvalue weighted by Crippen LogP contribution is 2.22. The van der Waals surface area contributed by atoms with Crippen molar-refractivity contribution in [2.75, 3.05) is 46.4 Å². The topological polar surface area (TPSA) is 72.6 Å². The van der Waals surface area contributed by atoms with E-state index in [-0.39, 0.29) is 11.9 Å². The first-order valence-corrected chi connectivity index (χ1v) is 14.3. The summed E-state index contributed by atoms with van der Waals surface area (Å²) in [4.78, 5) is 21.6. The van der Waals surface area contributed by atoms with Crippen molar-refractivity contribution in [3.8, 4) is 5.75 Å². The van der Waals surface area contributed by atoms with Gasteiger partial charge in [-0.3, -0.25) is 9.69 Å². The molecule has 0 spiro atoms. The van der Waals surface area contributed by atoms with Gasteiger partial charge in [-0.05, 0) is 62.9 Å². The molecule has 2 saturated heterocycles. The Labute approximate surface area is 226 Å². The Balaban J connectivity index is 1.17. The average Bonchev–Trinajstić information content (AvgIpc) is 3.37. The van der Waals surface area contributed by atoms with Crippen LogP contribution in [0.4, 0.5) is 0 Å². The Bertz CT molecular complexity index is 1160. The maximum absolute atomic E-state index is 13.2. The molecule has 3 aromatic rings.